The number of anilines is 2. The summed E-state index contributed by atoms with van der Waals surface area (Å²) in [5.74, 6) is -1.02. The third-order valence-corrected chi connectivity index (χ3v) is 3.96. The summed E-state index contributed by atoms with van der Waals surface area (Å²) in [5.41, 5.74) is 1.31. The minimum Gasteiger partial charge on any atom is -0.491 e. The number of carbonyl (C=O) groups excluding carboxylic acids is 3. The lowest BCUT2D eigenvalue weighted by Crippen LogP contribution is -2.36. The molecule has 1 heterocycles. The van der Waals surface area contributed by atoms with Crippen molar-refractivity contribution in [3.8, 4) is 11.8 Å². The zero-order valence-electron chi connectivity index (χ0n) is 14.9. The SMILES string of the molecule is N#Cc1cccc(NC(=O)COC(=O)CN2C(=O)CCOc3ccccc32)c1. The fourth-order valence-electron chi connectivity index (χ4n) is 2.68. The molecule has 3 rings (SSSR count). The van der Waals surface area contributed by atoms with Gasteiger partial charge in [-0.05, 0) is 30.3 Å². The molecule has 1 aliphatic heterocycles. The number of esters is 1. The Balaban J connectivity index is 1.57. The van der Waals surface area contributed by atoms with Gasteiger partial charge in [-0.15, -0.1) is 0 Å². The number of carbonyl (C=O) groups is 3. The van der Waals surface area contributed by atoms with Gasteiger partial charge in [-0.25, -0.2) is 0 Å². The Bertz CT molecular complexity index is 951. The summed E-state index contributed by atoms with van der Waals surface area (Å²) in [4.78, 5) is 37.7. The minimum absolute atomic E-state index is 0.137. The predicted molar refractivity (Wildman–Crippen MR) is 99.7 cm³/mol. The van der Waals surface area contributed by atoms with E-state index in [0.29, 0.717) is 22.7 Å². The van der Waals surface area contributed by atoms with Crippen LogP contribution in [0, 0.1) is 11.3 Å². The summed E-state index contributed by atoms with van der Waals surface area (Å²) in [6.07, 6.45) is 0.137. The average Bonchev–Trinajstić information content (AvgIpc) is 2.85. The molecule has 2 aromatic carbocycles. The van der Waals surface area contributed by atoms with Crippen molar-refractivity contribution in [3.05, 3.63) is 54.1 Å². The van der Waals surface area contributed by atoms with Crippen molar-refractivity contribution in [2.24, 2.45) is 0 Å². The van der Waals surface area contributed by atoms with E-state index in [0.717, 1.165) is 0 Å². The van der Waals surface area contributed by atoms with Gasteiger partial charge >= 0.3 is 5.97 Å². The molecule has 1 aliphatic rings. The molecule has 0 fully saturated rings. The molecular formula is C20H17N3O5. The third kappa shape index (κ3) is 4.65. The molecule has 0 unspecified atom stereocenters. The first-order valence-corrected chi connectivity index (χ1v) is 8.54. The van der Waals surface area contributed by atoms with Gasteiger partial charge in [-0.3, -0.25) is 19.3 Å². The molecule has 142 valence electrons. The van der Waals surface area contributed by atoms with Crippen molar-refractivity contribution in [3.63, 3.8) is 0 Å². The summed E-state index contributed by atoms with van der Waals surface area (Å²) in [6.45, 7) is -0.599. The van der Waals surface area contributed by atoms with Crippen LogP contribution in [0.5, 0.6) is 5.75 Å². The van der Waals surface area contributed by atoms with Gasteiger partial charge in [0.1, 0.15) is 12.3 Å². The second-order valence-electron chi connectivity index (χ2n) is 5.95. The van der Waals surface area contributed by atoms with E-state index in [2.05, 4.69) is 5.32 Å². The Hall–Kier alpha value is -3.86. The first-order chi connectivity index (χ1) is 13.6. The molecule has 28 heavy (non-hydrogen) atoms. The number of benzene rings is 2. The van der Waals surface area contributed by atoms with Crippen LogP contribution in [0.1, 0.15) is 12.0 Å². The van der Waals surface area contributed by atoms with E-state index in [4.69, 9.17) is 14.7 Å². The van der Waals surface area contributed by atoms with Gasteiger partial charge in [-0.1, -0.05) is 18.2 Å². The Kier molecular flexibility index (Phi) is 5.87. The van der Waals surface area contributed by atoms with Crippen LogP contribution >= 0.6 is 0 Å². The van der Waals surface area contributed by atoms with Crippen molar-refractivity contribution in [2.75, 3.05) is 30.0 Å². The second kappa shape index (κ2) is 8.68. The van der Waals surface area contributed by atoms with E-state index in [-0.39, 0.29) is 25.5 Å². The second-order valence-corrected chi connectivity index (χ2v) is 5.95. The van der Waals surface area contributed by atoms with Crippen molar-refractivity contribution in [1.82, 2.24) is 0 Å². The zero-order chi connectivity index (χ0) is 19.9. The number of nitrogens with one attached hydrogen (secondary N) is 1. The van der Waals surface area contributed by atoms with Gasteiger partial charge in [-0.2, -0.15) is 5.26 Å². The fraction of sp³-hybridized carbons (Fsp3) is 0.200. The standard InChI is InChI=1S/C20H17N3O5/c21-11-14-4-3-5-15(10-14)22-18(24)13-28-20(26)12-23-16-6-1-2-7-17(16)27-9-8-19(23)25/h1-7,10H,8-9,12-13H2,(H,22,24). The van der Waals surface area contributed by atoms with Crippen LogP contribution in [0.3, 0.4) is 0 Å². The maximum absolute atomic E-state index is 12.3. The van der Waals surface area contributed by atoms with E-state index in [1.165, 1.54) is 11.0 Å². The van der Waals surface area contributed by atoms with E-state index in [1.807, 2.05) is 6.07 Å². The van der Waals surface area contributed by atoms with Gasteiger partial charge in [0.05, 0.1) is 30.3 Å². The van der Waals surface area contributed by atoms with Crippen LogP contribution in [0.2, 0.25) is 0 Å². The maximum atomic E-state index is 12.3. The molecular weight excluding hydrogens is 362 g/mol. The molecule has 8 heteroatoms. The Labute approximate surface area is 161 Å². The van der Waals surface area contributed by atoms with Gasteiger partial charge in [0, 0.05) is 5.69 Å². The minimum atomic E-state index is -0.717. The van der Waals surface area contributed by atoms with Crippen LogP contribution < -0.4 is 15.0 Å². The summed E-state index contributed by atoms with van der Waals surface area (Å²) in [6, 6.07) is 15.2. The van der Waals surface area contributed by atoms with Crippen LogP contribution in [-0.4, -0.2) is 37.5 Å². The summed E-state index contributed by atoms with van der Waals surface area (Å²) >= 11 is 0. The van der Waals surface area contributed by atoms with Crippen molar-refractivity contribution >= 4 is 29.2 Å². The Morgan fingerprint density at radius 1 is 1.21 bits per heavy atom. The predicted octanol–water partition coefficient (Wildman–Crippen LogP) is 1.86. The number of hydrogen-bond acceptors (Lipinski definition) is 6. The van der Waals surface area contributed by atoms with E-state index in [1.54, 1.807) is 42.5 Å². The smallest absolute Gasteiger partial charge is 0.326 e. The van der Waals surface area contributed by atoms with E-state index in [9.17, 15) is 14.4 Å². The molecule has 8 nitrogen and oxygen atoms in total. The summed E-state index contributed by atoms with van der Waals surface area (Å²) < 4.78 is 10.5. The lowest BCUT2D eigenvalue weighted by atomic mass is 10.2. The van der Waals surface area contributed by atoms with Crippen molar-refractivity contribution in [1.29, 1.82) is 5.26 Å². The van der Waals surface area contributed by atoms with Gasteiger partial charge in [0.15, 0.2) is 6.61 Å². The van der Waals surface area contributed by atoms with Crippen molar-refractivity contribution < 1.29 is 23.9 Å². The number of fused-ring (bicyclic) bond motifs is 1. The maximum Gasteiger partial charge on any atom is 0.326 e. The molecule has 0 atom stereocenters. The molecule has 0 bridgehead atoms. The average molecular weight is 379 g/mol. The quantitative estimate of drug-likeness (QED) is 0.794. The number of nitriles is 1. The fourth-order valence-corrected chi connectivity index (χ4v) is 2.68. The lowest BCUT2D eigenvalue weighted by molar-refractivity contribution is -0.146. The highest BCUT2D eigenvalue weighted by atomic mass is 16.5. The zero-order valence-corrected chi connectivity index (χ0v) is 14.9. The number of rotatable bonds is 5. The highest BCUT2D eigenvalue weighted by Gasteiger charge is 2.25. The monoisotopic (exact) mass is 379 g/mol. The topological polar surface area (TPSA) is 109 Å². The van der Waals surface area contributed by atoms with Crippen LogP contribution in [0.4, 0.5) is 11.4 Å². The van der Waals surface area contributed by atoms with E-state index >= 15 is 0 Å². The first kappa shape index (κ1) is 18.9. The molecule has 1 N–H and O–H groups in total. The molecule has 0 saturated carbocycles. The summed E-state index contributed by atoms with van der Waals surface area (Å²) in [5, 5.41) is 11.4. The lowest BCUT2D eigenvalue weighted by Gasteiger charge is -2.20. The molecule has 0 spiro atoms. The highest BCUT2D eigenvalue weighted by molar-refractivity contribution is 6.00. The molecule has 0 radical (unpaired) electrons. The number of ether oxygens (including phenoxy) is 2. The first-order valence-electron chi connectivity index (χ1n) is 8.54. The number of para-hydroxylation sites is 2. The molecule has 0 aliphatic carbocycles. The van der Waals surface area contributed by atoms with Crippen LogP contribution in [-0.2, 0) is 19.1 Å². The normalized spacial score (nSPS) is 12.8. The largest absolute Gasteiger partial charge is 0.491 e. The summed E-state index contributed by atoms with van der Waals surface area (Å²) in [7, 11) is 0. The molecule has 0 aromatic heterocycles. The highest BCUT2D eigenvalue weighted by Crippen LogP contribution is 2.30. The number of hydrogen-bond donors (Lipinski definition) is 1. The third-order valence-electron chi connectivity index (χ3n) is 3.96. The number of nitrogens with zero attached hydrogens (tertiary/aromatic N) is 2. The van der Waals surface area contributed by atoms with Crippen molar-refractivity contribution in [2.45, 2.75) is 6.42 Å². The van der Waals surface area contributed by atoms with Gasteiger partial charge in [0.2, 0.25) is 5.91 Å². The van der Waals surface area contributed by atoms with Crippen LogP contribution in [0.15, 0.2) is 48.5 Å². The van der Waals surface area contributed by atoms with Crippen LogP contribution in [0.25, 0.3) is 0 Å². The number of amides is 2. The van der Waals surface area contributed by atoms with Gasteiger partial charge < -0.3 is 14.8 Å². The molecule has 2 aromatic rings. The Morgan fingerprint density at radius 2 is 2.04 bits per heavy atom. The molecule has 2 amide bonds. The molecule has 0 saturated heterocycles. The van der Waals surface area contributed by atoms with Gasteiger partial charge in [0.25, 0.3) is 5.91 Å². The van der Waals surface area contributed by atoms with E-state index < -0.39 is 18.5 Å². The Morgan fingerprint density at radius 3 is 2.86 bits per heavy atom.